The van der Waals surface area contributed by atoms with E-state index in [0.29, 0.717) is 16.7 Å². The lowest BCUT2D eigenvalue weighted by Crippen LogP contribution is -2.36. The summed E-state index contributed by atoms with van der Waals surface area (Å²) in [6.45, 7) is 5.79. The second-order valence-corrected chi connectivity index (χ2v) is 7.52. The first-order valence-corrected chi connectivity index (χ1v) is 8.60. The van der Waals surface area contributed by atoms with Crippen molar-refractivity contribution in [1.82, 2.24) is 10.5 Å². The van der Waals surface area contributed by atoms with Crippen LogP contribution in [-0.4, -0.2) is 35.4 Å². The summed E-state index contributed by atoms with van der Waals surface area (Å²) < 4.78 is 10.8. The van der Waals surface area contributed by atoms with Crippen LogP contribution in [0.1, 0.15) is 50.6 Å². The highest BCUT2D eigenvalue weighted by Gasteiger charge is 2.31. The molecule has 0 atom stereocenters. The lowest BCUT2D eigenvalue weighted by atomic mass is 9.94. The Kier molecular flexibility index (Phi) is 5.56. The molecule has 2 rings (SSSR count). The summed E-state index contributed by atoms with van der Waals surface area (Å²) in [5.74, 6) is -0.364. The zero-order valence-electron chi connectivity index (χ0n) is 13.7. The molecule has 1 heterocycles. The third-order valence-corrected chi connectivity index (χ3v) is 5.14. The van der Waals surface area contributed by atoms with Crippen LogP contribution in [0.5, 0.6) is 5.88 Å². The lowest BCUT2D eigenvalue weighted by Gasteiger charge is -2.24. The monoisotopic (exact) mass is 341 g/mol. The minimum Gasteiger partial charge on any atom is -0.474 e. The van der Waals surface area contributed by atoms with Crippen LogP contribution in [0.2, 0.25) is 0 Å². The molecular formula is C15H23N3O4S. The van der Waals surface area contributed by atoms with Crippen LogP contribution in [-0.2, 0) is 4.79 Å². The maximum Gasteiger partial charge on any atom is 0.291 e. The van der Waals surface area contributed by atoms with Gasteiger partial charge < -0.3 is 20.3 Å². The van der Waals surface area contributed by atoms with E-state index in [1.165, 1.54) is 6.42 Å². The number of thioether (sulfide) groups is 1. The van der Waals surface area contributed by atoms with Crippen molar-refractivity contribution in [2.75, 3.05) is 13.2 Å². The molecule has 2 amide bonds. The van der Waals surface area contributed by atoms with Gasteiger partial charge in [0.1, 0.15) is 11.5 Å². The number of primary amides is 1. The maximum absolute atomic E-state index is 12.1. The Balaban J connectivity index is 2.17. The van der Waals surface area contributed by atoms with Crippen LogP contribution >= 0.6 is 11.8 Å². The number of nitrogens with one attached hydrogen (secondary N) is 1. The van der Waals surface area contributed by atoms with Crippen molar-refractivity contribution in [1.29, 1.82) is 0 Å². The normalized spacial score (nSPS) is 15.1. The molecule has 128 valence electrons. The first-order valence-electron chi connectivity index (χ1n) is 7.72. The summed E-state index contributed by atoms with van der Waals surface area (Å²) in [5, 5.41) is 7.00. The maximum atomic E-state index is 12.1. The van der Waals surface area contributed by atoms with Gasteiger partial charge in [-0.25, -0.2) is 0 Å². The average Bonchev–Trinajstić information content (AvgIpc) is 2.83. The fraction of sp³-hybridized carbons (Fsp3) is 0.667. The Morgan fingerprint density at radius 1 is 1.48 bits per heavy atom. The molecular weight excluding hydrogens is 318 g/mol. The van der Waals surface area contributed by atoms with Crippen LogP contribution in [0.25, 0.3) is 0 Å². The summed E-state index contributed by atoms with van der Waals surface area (Å²) in [6, 6.07) is 0. The highest BCUT2D eigenvalue weighted by Crippen LogP contribution is 2.42. The molecule has 0 saturated heterocycles. The van der Waals surface area contributed by atoms with Crippen LogP contribution in [0.4, 0.5) is 0 Å². The summed E-state index contributed by atoms with van der Waals surface area (Å²) >= 11 is 1.55. The SMILES string of the molecule is CCNC(=O)c1onc(OCC(C)(C)C(N)=O)c1SC1CCC1. The number of hydrogen-bond donors (Lipinski definition) is 2. The fourth-order valence-corrected chi connectivity index (χ4v) is 3.16. The van der Waals surface area contributed by atoms with Gasteiger partial charge in [0.25, 0.3) is 11.8 Å². The van der Waals surface area contributed by atoms with Gasteiger partial charge in [0, 0.05) is 11.8 Å². The highest BCUT2D eigenvalue weighted by molar-refractivity contribution is 8.00. The number of hydrogen-bond acceptors (Lipinski definition) is 6. The molecule has 1 aromatic heterocycles. The van der Waals surface area contributed by atoms with Crippen molar-refractivity contribution >= 4 is 23.6 Å². The Hall–Kier alpha value is -1.70. The van der Waals surface area contributed by atoms with Gasteiger partial charge in [-0.05, 0) is 38.8 Å². The molecule has 1 saturated carbocycles. The lowest BCUT2D eigenvalue weighted by molar-refractivity contribution is -0.127. The minimum atomic E-state index is -0.830. The molecule has 1 aliphatic carbocycles. The fourth-order valence-electron chi connectivity index (χ4n) is 1.82. The minimum absolute atomic E-state index is 0.0714. The van der Waals surface area contributed by atoms with Crippen LogP contribution in [0, 0.1) is 5.41 Å². The number of nitrogens with two attached hydrogens (primary N) is 1. The van der Waals surface area contributed by atoms with Gasteiger partial charge in [0.15, 0.2) is 0 Å². The third-order valence-electron chi connectivity index (χ3n) is 3.74. The molecule has 0 radical (unpaired) electrons. The summed E-state index contributed by atoms with van der Waals surface area (Å²) in [6.07, 6.45) is 3.37. The third kappa shape index (κ3) is 4.19. The number of rotatable bonds is 8. The van der Waals surface area contributed by atoms with Crippen LogP contribution < -0.4 is 15.8 Å². The molecule has 0 aliphatic heterocycles. The van der Waals surface area contributed by atoms with E-state index >= 15 is 0 Å². The predicted molar refractivity (Wildman–Crippen MR) is 86.5 cm³/mol. The number of nitrogens with zero attached hydrogens (tertiary/aromatic N) is 1. The van der Waals surface area contributed by atoms with Crippen molar-refractivity contribution < 1.29 is 18.8 Å². The van der Waals surface area contributed by atoms with E-state index in [2.05, 4.69) is 10.5 Å². The van der Waals surface area contributed by atoms with Gasteiger partial charge >= 0.3 is 0 Å². The summed E-state index contributed by atoms with van der Waals surface area (Å²) in [4.78, 5) is 24.1. The van der Waals surface area contributed by atoms with Gasteiger partial charge in [0.2, 0.25) is 11.7 Å². The Labute approximate surface area is 139 Å². The quantitative estimate of drug-likeness (QED) is 0.748. The van der Waals surface area contributed by atoms with E-state index in [4.69, 9.17) is 15.0 Å². The predicted octanol–water partition coefficient (Wildman–Crippen LogP) is 1.96. The first-order chi connectivity index (χ1) is 10.8. The molecule has 1 fully saturated rings. The van der Waals surface area contributed by atoms with Crippen LogP contribution in [0.3, 0.4) is 0 Å². The van der Waals surface area contributed by atoms with Gasteiger partial charge in [-0.15, -0.1) is 11.8 Å². The van der Waals surface area contributed by atoms with Crippen molar-refractivity contribution in [2.24, 2.45) is 11.1 Å². The molecule has 0 bridgehead atoms. The van der Waals surface area contributed by atoms with Gasteiger partial charge in [0.05, 0.1) is 5.41 Å². The zero-order chi connectivity index (χ0) is 17.0. The second-order valence-electron chi connectivity index (χ2n) is 6.21. The molecule has 1 aliphatic rings. The average molecular weight is 341 g/mol. The van der Waals surface area contributed by atoms with E-state index in [0.717, 1.165) is 12.8 Å². The molecule has 3 N–H and O–H groups in total. The topological polar surface area (TPSA) is 107 Å². The summed E-state index contributed by atoms with van der Waals surface area (Å²) in [7, 11) is 0. The van der Waals surface area contributed by atoms with E-state index in [1.54, 1.807) is 25.6 Å². The van der Waals surface area contributed by atoms with Crippen molar-refractivity contribution in [2.45, 2.75) is 50.2 Å². The molecule has 0 spiro atoms. The number of aromatic nitrogens is 1. The van der Waals surface area contributed by atoms with E-state index in [-0.39, 0.29) is 24.2 Å². The second kappa shape index (κ2) is 7.25. The number of ether oxygens (including phenoxy) is 1. The summed E-state index contributed by atoms with van der Waals surface area (Å²) in [5.41, 5.74) is 4.51. The van der Waals surface area contributed by atoms with Gasteiger partial charge in [-0.2, -0.15) is 0 Å². The molecule has 8 heteroatoms. The van der Waals surface area contributed by atoms with Crippen molar-refractivity contribution in [3.8, 4) is 5.88 Å². The molecule has 23 heavy (non-hydrogen) atoms. The number of carbonyl (C=O) groups excluding carboxylic acids is 2. The van der Waals surface area contributed by atoms with Gasteiger partial charge in [-0.1, -0.05) is 6.42 Å². The zero-order valence-corrected chi connectivity index (χ0v) is 14.5. The first kappa shape index (κ1) is 17.7. The van der Waals surface area contributed by atoms with E-state index in [1.807, 2.05) is 6.92 Å². The molecule has 7 nitrogen and oxygen atoms in total. The Morgan fingerprint density at radius 2 is 2.17 bits per heavy atom. The van der Waals surface area contributed by atoms with Crippen molar-refractivity contribution in [3.63, 3.8) is 0 Å². The molecule has 0 unspecified atom stereocenters. The molecule has 1 aromatic rings. The highest BCUT2D eigenvalue weighted by atomic mass is 32.2. The standard InChI is InChI=1S/C15H23N3O4S/c1-4-17-12(19)10-11(23-9-6-5-7-9)13(18-22-10)21-8-15(2,3)14(16)20/h9H,4-8H2,1-3H3,(H2,16,20)(H,17,19). The van der Waals surface area contributed by atoms with E-state index < -0.39 is 11.3 Å². The largest absolute Gasteiger partial charge is 0.474 e. The Bertz CT molecular complexity index is 581. The van der Waals surface area contributed by atoms with Crippen LogP contribution in [0.15, 0.2) is 9.42 Å². The molecule has 0 aromatic carbocycles. The van der Waals surface area contributed by atoms with Gasteiger partial charge in [-0.3, -0.25) is 9.59 Å². The number of carbonyl (C=O) groups is 2. The van der Waals surface area contributed by atoms with Crippen molar-refractivity contribution in [3.05, 3.63) is 5.76 Å². The number of amides is 2. The smallest absolute Gasteiger partial charge is 0.291 e. The van der Waals surface area contributed by atoms with E-state index in [9.17, 15) is 9.59 Å². The Morgan fingerprint density at radius 3 is 2.70 bits per heavy atom.